The van der Waals surface area contributed by atoms with Crippen molar-refractivity contribution < 1.29 is 4.74 Å². The molecule has 0 spiro atoms. The summed E-state index contributed by atoms with van der Waals surface area (Å²) in [5.41, 5.74) is 1.00. The fourth-order valence-electron chi connectivity index (χ4n) is 2.25. The van der Waals surface area contributed by atoms with Crippen LogP contribution >= 0.6 is 46.5 Å². The van der Waals surface area contributed by atoms with Crippen LogP contribution in [0.5, 0.6) is 5.75 Å². The van der Waals surface area contributed by atoms with E-state index in [9.17, 15) is 0 Å². The number of nitrogens with zero attached hydrogens (tertiary/aromatic N) is 2. The van der Waals surface area contributed by atoms with Gasteiger partial charge in [-0.2, -0.15) is 0 Å². The van der Waals surface area contributed by atoms with E-state index in [1.54, 1.807) is 34.9 Å². The second-order valence-electron chi connectivity index (χ2n) is 5.04. The molecule has 2 aromatic carbocycles. The second-order valence-corrected chi connectivity index (χ2v) is 8.59. The molecule has 122 valence electrons. The van der Waals surface area contributed by atoms with Crippen LogP contribution in [-0.4, -0.2) is 28.3 Å². The van der Waals surface area contributed by atoms with E-state index >= 15 is 0 Å². The number of ether oxygens (including phenoxy) is 1. The smallest absolute Gasteiger partial charge is 0.149 e. The van der Waals surface area contributed by atoms with Crippen LogP contribution in [0.2, 0.25) is 5.02 Å². The summed E-state index contributed by atoms with van der Waals surface area (Å²) >= 11 is 11.0. The molecule has 7 heteroatoms. The number of hydrogen-bond donors (Lipinski definition) is 0. The van der Waals surface area contributed by atoms with Crippen molar-refractivity contribution in [2.45, 2.75) is 4.90 Å². The zero-order chi connectivity index (χ0) is 16.4. The van der Waals surface area contributed by atoms with Crippen LogP contribution < -0.4 is 4.74 Å². The first-order valence-corrected chi connectivity index (χ1v) is 10.5. The number of halogens is 1. The summed E-state index contributed by atoms with van der Waals surface area (Å²) in [4.78, 5) is 10.3. The number of thiazole rings is 1. The Kier molecular flexibility index (Phi) is 4.98. The summed E-state index contributed by atoms with van der Waals surface area (Å²) in [5.74, 6) is 2.48. The van der Waals surface area contributed by atoms with E-state index in [2.05, 4.69) is 16.0 Å². The third-order valence-corrected chi connectivity index (χ3v) is 6.62. The molecular formula is C17H13ClN2OS3. The predicted octanol–water partition coefficient (Wildman–Crippen LogP) is 5.57. The van der Waals surface area contributed by atoms with Gasteiger partial charge in [-0.3, -0.25) is 4.99 Å². The van der Waals surface area contributed by atoms with Crippen LogP contribution in [0, 0.1) is 0 Å². The van der Waals surface area contributed by atoms with E-state index in [0.717, 1.165) is 48.2 Å². The number of aromatic nitrogens is 1. The second kappa shape index (κ2) is 7.35. The van der Waals surface area contributed by atoms with Gasteiger partial charge in [-0.25, -0.2) is 4.98 Å². The summed E-state index contributed by atoms with van der Waals surface area (Å²) in [6.07, 6.45) is 0. The fourth-order valence-corrected chi connectivity index (χ4v) is 4.96. The Morgan fingerprint density at radius 2 is 2.04 bits per heavy atom. The number of benzene rings is 2. The first kappa shape index (κ1) is 16.3. The molecule has 0 atom stereocenters. The van der Waals surface area contributed by atoms with Gasteiger partial charge in [0.1, 0.15) is 21.7 Å². The molecule has 0 unspecified atom stereocenters. The van der Waals surface area contributed by atoms with E-state index < -0.39 is 0 Å². The molecule has 2 heterocycles. The maximum atomic E-state index is 5.89. The van der Waals surface area contributed by atoms with Gasteiger partial charge in [0.25, 0.3) is 0 Å². The number of aliphatic imine (C=N–C) groups is 1. The standard InChI is InChI=1S/C17H13ClN2OS3/c18-11-1-4-13(5-2-11)23-10-21-12-3-6-14-15(9-12)24-17(20-14)16-19-7-8-22-16/h1-6,9H,7-8,10H2. The third-order valence-electron chi connectivity index (χ3n) is 3.39. The van der Waals surface area contributed by atoms with Crippen molar-refractivity contribution in [3.05, 3.63) is 52.5 Å². The van der Waals surface area contributed by atoms with E-state index in [1.807, 2.05) is 36.4 Å². The minimum Gasteiger partial charge on any atom is -0.483 e. The Morgan fingerprint density at radius 1 is 1.17 bits per heavy atom. The summed E-state index contributed by atoms with van der Waals surface area (Å²) in [6.45, 7) is 0.895. The van der Waals surface area contributed by atoms with Gasteiger partial charge in [0.05, 0.1) is 10.2 Å². The summed E-state index contributed by atoms with van der Waals surface area (Å²) in [5, 5.41) is 2.83. The molecular weight excluding hydrogens is 380 g/mol. The van der Waals surface area contributed by atoms with Crippen molar-refractivity contribution >= 4 is 61.7 Å². The van der Waals surface area contributed by atoms with Crippen molar-refractivity contribution in [1.82, 2.24) is 4.98 Å². The predicted molar refractivity (Wildman–Crippen MR) is 106 cm³/mol. The van der Waals surface area contributed by atoms with Gasteiger partial charge in [0.15, 0.2) is 0 Å². The molecule has 1 aromatic heterocycles. The van der Waals surface area contributed by atoms with Gasteiger partial charge < -0.3 is 4.74 Å². The van der Waals surface area contributed by atoms with Crippen LogP contribution in [0.25, 0.3) is 10.2 Å². The number of hydrogen-bond acceptors (Lipinski definition) is 6. The average Bonchev–Trinajstić information content (AvgIpc) is 3.25. The molecule has 3 aromatic rings. The molecule has 0 amide bonds. The summed E-state index contributed by atoms with van der Waals surface area (Å²) < 4.78 is 6.99. The van der Waals surface area contributed by atoms with E-state index in [-0.39, 0.29) is 0 Å². The summed E-state index contributed by atoms with van der Waals surface area (Å²) in [6, 6.07) is 13.8. The zero-order valence-electron chi connectivity index (χ0n) is 12.6. The lowest BCUT2D eigenvalue weighted by molar-refractivity contribution is 0.393. The summed E-state index contributed by atoms with van der Waals surface area (Å²) in [7, 11) is 0. The monoisotopic (exact) mass is 392 g/mol. The van der Waals surface area contributed by atoms with Gasteiger partial charge in [-0.15, -0.1) is 23.1 Å². The molecule has 0 radical (unpaired) electrons. The molecule has 0 aliphatic carbocycles. The number of rotatable bonds is 5. The number of thioether (sulfide) groups is 2. The van der Waals surface area contributed by atoms with Gasteiger partial charge in [-0.1, -0.05) is 23.4 Å². The normalized spacial score (nSPS) is 14.1. The lowest BCUT2D eigenvalue weighted by Crippen LogP contribution is -1.92. The minimum absolute atomic E-state index is 0.557. The highest BCUT2D eigenvalue weighted by Crippen LogP contribution is 2.31. The highest BCUT2D eigenvalue weighted by atomic mass is 35.5. The van der Waals surface area contributed by atoms with Crippen LogP contribution in [0.3, 0.4) is 0 Å². The maximum Gasteiger partial charge on any atom is 0.149 e. The van der Waals surface area contributed by atoms with Crippen LogP contribution in [0.1, 0.15) is 5.01 Å². The Balaban J connectivity index is 1.43. The molecule has 0 saturated carbocycles. The molecule has 0 fully saturated rings. The third kappa shape index (κ3) is 3.72. The van der Waals surface area contributed by atoms with Crippen molar-refractivity contribution in [2.75, 3.05) is 18.2 Å². The average molecular weight is 393 g/mol. The number of fused-ring (bicyclic) bond motifs is 1. The SMILES string of the molecule is Clc1ccc(SCOc2ccc3nc(C4=NCCS4)sc3c2)cc1. The lowest BCUT2D eigenvalue weighted by atomic mass is 10.3. The van der Waals surface area contributed by atoms with Crippen LogP contribution in [0.4, 0.5) is 0 Å². The van der Waals surface area contributed by atoms with Crippen molar-refractivity contribution in [3.8, 4) is 5.75 Å². The van der Waals surface area contributed by atoms with Gasteiger partial charge in [-0.05, 0) is 42.5 Å². The Morgan fingerprint density at radius 3 is 2.83 bits per heavy atom. The Bertz CT molecular complexity index is 892. The van der Waals surface area contributed by atoms with E-state index in [1.165, 1.54) is 0 Å². The first-order valence-electron chi connectivity index (χ1n) is 7.37. The van der Waals surface area contributed by atoms with Gasteiger partial charge in [0.2, 0.25) is 0 Å². The molecule has 0 N–H and O–H groups in total. The van der Waals surface area contributed by atoms with Crippen molar-refractivity contribution in [2.24, 2.45) is 4.99 Å². The minimum atomic E-state index is 0.557. The fraction of sp³-hybridized carbons (Fsp3) is 0.176. The molecule has 1 aliphatic rings. The van der Waals surface area contributed by atoms with Gasteiger partial charge in [0, 0.05) is 22.2 Å². The highest BCUT2D eigenvalue weighted by molar-refractivity contribution is 8.15. The van der Waals surface area contributed by atoms with E-state index in [4.69, 9.17) is 16.3 Å². The topological polar surface area (TPSA) is 34.5 Å². The Hall–Kier alpha value is -1.21. The first-order chi connectivity index (χ1) is 11.8. The highest BCUT2D eigenvalue weighted by Gasteiger charge is 2.14. The van der Waals surface area contributed by atoms with E-state index in [0.29, 0.717) is 5.94 Å². The van der Waals surface area contributed by atoms with Crippen LogP contribution in [-0.2, 0) is 0 Å². The molecule has 4 rings (SSSR count). The molecule has 0 saturated heterocycles. The van der Waals surface area contributed by atoms with Crippen molar-refractivity contribution in [3.63, 3.8) is 0 Å². The largest absolute Gasteiger partial charge is 0.483 e. The molecule has 3 nitrogen and oxygen atoms in total. The lowest BCUT2D eigenvalue weighted by Gasteiger charge is -2.05. The molecule has 0 bridgehead atoms. The van der Waals surface area contributed by atoms with Crippen LogP contribution in [0.15, 0.2) is 52.4 Å². The Labute approximate surface area is 157 Å². The molecule has 24 heavy (non-hydrogen) atoms. The molecule has 1 aliphatic heterocycles. The maximum absolute atomic E-state index is 5.89. The quantitative estimate of drug-likeness (QED) is 0.419. The van der Waals surface area contributed by atoms with Gasteiger partial charge >= 0.3 is 0 Å². The van der Waals surface area contributed by atoms with Crippen molar-refractivity contribution in [1.29, 1.82) is 0 Å². The zero-order valence-corrected chi connectivity index (χ0v) is 15.8.